The molecule has 170 valence electrons. The first-order valence-corrected chi connectivity index (χ1v) is 11.4. The van der Waals surface area contributed by atoms with Crippen molar-refractivity contribution in [3.63, 3.8) is 0 Å². The van der Waals surface area contributed by atoms with Crippen LogP contribution < -0.4 is 15.4 Å². The average Bonchev–Trinajstić information content (AvgIpc) is 3.38. The Morgan fingerprint density at radius 3 is 2.67 bits per heavy atom. The summed E-state index contributed by atoms with van der Waals surface area (Å²) in [6.07, 6.45) is 0.361. The van der Waals surface area contributed by atoms with Gasteiger partial charge < -0.3 is 15.4 Å². The molecule has 1 aliphatic rings. The van der Waals surface area contributed by atoms with Crippen LogP contribution in [0.5, 0.6) is 5.75 Å². The predicted molar refractivity (Wildman–Crippen MR) is 126 cm³/mol. The Morgan fingerprint density at radius 2 is 2.00 bits per heavy atom. The molecule has 33 heavy (non-hydrogen) atoms. The SMILES string of the molecule is CCC1(c2ccccc2)NC(=O)N(CC(=O)Nc2nc(-c3ccc(OC)c(Cl)c3)cs2)C1=O. The van der Waals surface area contributed by atoms with Crippen molar-refractivity contribution in [1.82, 2.24) is 15.2 Å². The largest absolute Gasteiger partial charge is 0.495 e. The Hall–Kier alpha value is -3.43. The molecule has 1 saturated heterocycles. The number of amides is 4. The highest BCUT2D eigenvalue weighted by atomic mass is 35.5. The molecule has 3 aromatic rings. The van der Waals surface area contributed by atoms with Crippen molar-refractivity contribution < 1.29 is 19.1 Å². The summed E-state index contributed by atoms with van der Waals surface area (Å²) in [6.45, 7) is 1.40. The molecule has 8 nitrogen and oxygen atoms in total. The van der Waals surface area contributed by atoms with Crippen LogP contribution in [0.2, 0.25) is 5.02 Å². The summed E-state index contributed by atoms with van der Waals surface area (Å²) < 4.78 is 5.15. The van der Waals surface area contributed by atoms with Gasteiger partial charge in [0.15, 0.2) is 5.13 Å². The number of imide groups is 1. The molecule has 0 saturated carbocycles. The second kappa shape index (κ2) is 9.21. The van der Waals surface area contributed by atoms with Crippen molar-refractivity contribution in [2.45, 2.75) is 18.9 Å². The number of halogens is 1. The minimum absolute atomic E-state index is 0.346. The highest BCUT2D eigenvalue weighted by molar-refractivity contribution is 7.14. The van der Waals surface area contributed by atoms with Crippen LogP contribution in [0.25, 0.3) is 11.3 Å². The van der Waals surface area contributed by atoms with Crippen LogP contribution in [0.3, 0.4) is 0 Å². The number of aromatic nitrogens is 1. The zero-order valence-electron chi connectivity index (χ0n) is 17.9. The number of nitrogens with one attached hydrogen (secondary N) is 2. The molecule has 1 fully saturated rings. The molecule has 1 unspecified atom stereocenters. The third-order valence-electron chi connectivity index (χ3n) is 5.47. The fourth-order valence-electron chi connectivity index (χ4n) is 3.72. The van der Waals surface area contributed by atoms with E-state index in [0.717, 1.165) is 10.5 Å². The third-order valence-corrected chi connectivity index (χ3v) is 6.53. The average molecular weight is 485 g/mol. The lowest BCUT2D eigenvalue weighted by Crippen LogP contribution is -2.44. The van der Waals surface area contributed by atoms with Crippen LogP contribution in [-0.2, 0) is 15.1 Å². The molecular formula is C23H21ClN4O4S. The van der Waals surface area contributed by atoms with Gasteiger partial charge in [0, 0.05) is 10.9 Å². The number of benzene rings is 2. The van der Waals surface area contributed by atoms with E-state index in [4.69, 9.17) is 16.3 Å². The number of carbonyl (C=O) groups excluding carboxylic acids is 3. The summed E-state index contributed by atoms with van der Waals surface area (Å²) in [6, 6.07) is 13.7. The Labute approximate surface area is 199 Å². The normalized spacial score (nSPS) is 17.7. The van der Waals surface area contributed by atoms with E-state index in [1.165, 1.54) is 18.4 Å². The molecule has 0 bridgehead atoms. The minimum atomic E-state index is -1.18. The lowest BCUT2D eigenvalue weighted by molar-refractivity contribution is -0.134. The zero-order chi connectivity index (χ0) is 23.6. The summed E-state index contributed by atoms with van der Waals surface area (Å²) in [5.74, 6) is -0.424. The van der Waals surface area contributed by atoms with E-state index in [2.05, 4.69) is 15.6 Å². The molecule has 2 heterocycles. The molecule has 0 spiro atoms. The molecule has 1 aliphatic heterocycles. The van der Waals surface area contributed by atoms with Gasteiger partial charge in [-0.1, -0.05) is 48.9 Å². The van der Waals surface area contributed by atoms with Crippen molar-refractivity contribution in [2.75, 3.05) is 19.0 Å². The lowest BCUT2D eigenvalue weighted by atomic mass is 9.87. The monoisotopic (exact) mass is 484 g/mol. The Bertz CT molecular complexity index is 1220. The zero-order valence-corrected chi connectivity index (χ0v) is 19.5. The lowest BCUT2D eigenvalue weighted by Gasteiger charge is -2.25. The number of rotatable bonds is 7. The number of carbonyl (C=O) groups is 3. The van der Waals surface area contributed by atoms with Gasteiger partial charge in [-0.25, -0.2) is 9.78 Å². The van der Waals surface area contributed by atoms with Crippen molar-refractivity contribution in [3.8, 4) is 17.0 Å². The van der Waals surface area contributed by atoms with E-state index < -0.39 is 29.9 Å². The quantitative estimate of drug-likeness (QED) is 0.488. The number of methoxy groups -OCH3 is 1. The van der Waals surface area contributed by atoms with Crippen molar-refractivity contribution in [1.29, 1.82) is 0 Å². The number of urea groups is 1. The van der Waals surface area contributed by atoms with E-state index in [0.29, 0.717) is 33.6 Å². The Balaban J connectivity index is 1.46. The Kier molecular flexibility index (Phi) is 6.35. The second-order valence-electron chi connectivity index (χ2n) is 7.38. The van der Waals surface area contributed by atoms with Crippen molar-refractivity contribution >= 4 is 45.9 Å². The molecule has 2 N–H and O–H groups in total. The molecular weight excluding hydrogens is 464 g/mol. The summed E-state index contributed by atoms with van der Waals surface area (Å²) in [7, 11) is 1.53. The van der Waals surface area contributed by atoms with Crippen LogP contribution in [-0.4, -0.2) is 41.4 Å². The summed E-state index contributed by atoms with van der Waals surface area (Å²) in [5.41, 5.74) is 0.892. The number of ether oxygens (including phenoxy) is 1. The van der Waals surface area contributed by atoms with Gasteiger partial charge in [-0.15, -0.1) is 11.3 Å². The number of thiazole rings is 1. The first-order valence-electron chi connectivity index (χ1n) is 10.2. The van der Waals surface area contributed by atoms with Crippen molar-refractivity contribution in [2.24, 2.45) is 0 Å². The van der Waals surface area contributed by atoms with Crippen LogP contribution in [0.15, 0.2) is 53.9 Å². The van der Waals surface area contributed by atoms with Gasteiger partial charge in [0.25, 0.3) is 5.91 Å². The minimum Gasteiger partial charge on any atom is -0.495 e. The van der Waals surface area contributed by atoms with Crippen LogP contribution >= 0.6 is 22.9 Å². The molecule has 1 aromatic heterocycles. The first kappa shape index (κ1) is 22.8. The predicted octanol–water partition coefficient (Wildman–Crippen LogP) is 4.27. The molecule has 0 radical (unpaired) electrons. The Morgan fingerprint density at radius 1 is 1.24 bits per heavy atom. The van der Waals surface area contributed by atoms with E-state index in [9.17, 15) is 14.4 Å². The maximum atomic E-state index is 13.2. The molecule has 10 heteroatoms. The van der Waals surface area contributed by atoms with Gasteiger partial charge >= 0.3 is 6.03 Å². The van der Waals surface area contributed by atoms with Gasteiger partial charge in [-0.2, -0.15) is 0 Å². The maximum absolute atomic E-state index is 13.2. The van der Waals surface area contributed by atoms with E-state index in [1.807, 2.05) is 19.1 Å². The topological polar surface area (TPSA) is 101 Å². The van der Waals surface area contributed by atoms with Crippen molar-refractivity contribution in [3.05, 3.63) is 64.5 Å². The number of hydrogen-bond acceptors (Lipinski definition) is 6. The van der Waals surface area contributed by atoms with Crippen LogP contribution in [0.1, 0.15) is 18.9 Å². The summed E-state index contributed by atoms with van der Waals surface area (Å²) in [4.78, 5) is 43.7. The van der Waals surface area contributed by atoms with E-state index in [-0.39, 0.29) is 0 Å². The maximum Gasteiger partial charge on any atom is 0.325 e. The van der Waals surface area contributed by atoms with E-state index >= 15 is 0 Å². The van der Waals surface area contributed by atoms with Gasteiger partial charge in [0.2, 0.25) is 5.91 Å². The van der Waals surface area contributed by atoms with Gasteiger partial charge in [-0.05, 0) is 30.2 Å². The highest BCUT2D eigenvalue weighted by Crippen LogP contribution is 2.33. The van der Waals surface area contributed by atoms with Gasteiger partial charge in [0.1, 0.15) is 17.8 Å². The van der Waals surface area contributed by atoms with Crippen LogP contribution in [0.4, 0.5) is 9.93 Å². The first-order chi connectivity index (χ1) is 15.9. The molecule has 4 rings (SSSR count). The van der Waals surface area contributed by atoms with Crippen LogP contribution in [0, 0.1) is 0 Å². The molecule has 4 amide bonds. The highest BCUT2D eigenvalue weighted by Gasteiger charge is 2.51. The second-order valence-corrected chi connectivity index (χ2v) is 8.65. The van der Waals surface area contributed by atoms with E-state index in [1.54, 1.807) is 41.8 Å². The fourth-order valence-corrected chi connectivity index (χ4v) is 4.72. The smallest absolute Gasteiger partial charge is 0.325 e. The standard InChI is InChI=1S/C23H21ClN4O4S/c1-3-23(15-7-5-4-6-8-15)20(30)28(22(31)27-23)12-19(29)26-21-25-17(13-33-21)14-9-10-18(32-2)16(24)11-14/h4-11,13H,3,12H2,1-2H3,(H,27,31)(H,25,26,29). The summed E-state index contributed by atoms with van der Waals surface area (Å²) >= 11 is 7.41. The number of hydrogen-bond donors (Lipinski definition) is 2. The van der Waals surface area contributed by atoms with Gasteiger partial charge in [0.05, 0.1) is 17.8 Å². The molecule has 1 atom stereocenters. The molecule has 0 aliphatic carbocycles. The number of anilines is 1. The third kappa shape index (κ3) is 4.29. The molecule has 2 aromatic carbocycles. The fraction of sp³-hybridized carbons (Fsp3) is 0.217. The number of nitrogens with zero attached hydrogens (tertiary/aromatic N) is 2. The summed E-state index contributed by atoms with van der Waals surface area (Å²) in [5, 5.41) is 8.00. The van der Waals surface area contributed by atoms with Gasteiger partial charge in [-0.3, -0.25) is 14.5 Å².